The van der Waals surface area contributed by atoms with Crippen molar-refractivity contribution in [2.24, 2.45) is 0 Å². The average molecular weight is 329 g/mol. The summed E-state index contributed by atoms with van der Waals surface area (Å²) in [6, 6.07) is 13.5. The summed E-state index contributed by atoms with van der Waals surface area (Å²) in [5.41, 5.74) is 0.875. The van der Waals surface area contributed by atoms with Crippen molar-refractivity contribution in [1.29, 1.82) is 5.26 Å². The molecular formula is C17H19N3O2S. The zero-order chi connectivity index (χ0) is 16.5. The normalized spacial score (nSPS) is 9.91. The summed E-state index contributed by atoms with van der Waals surface area (Å²) in [7, 11) is 0. The predicted octanol–water partition coefficient (Wildman–Crippen LogP) is 3.79. The number of hydrogen-bond donors (Lipinski definition) is 1. The van der Waals surface area contributed by atoms with Gasteiger partial charge in [0.25, 0.3) is 0 Å². The Hall–Kier alpha value is -2.52. The van der Waals surface area contributed by atoms with Crippen molar-refractivity contribution in [1.82, 2.24) is 4.90 Å². The Bertz CT molecular complexity index is 647. The molecule has 0 radical (unpaired) electrons. The summed E-state index contributed by atoms with van der Waals surface area (Å²) in [5, 5.41) is 12.6. The van der Waals surface area contributed by atoms with Gasteiger partial charge in [0, 0.05) is 12.2 Å². The van der Waals surface area contributed by atoms with Gasteiger partial charge in [-0.3, -0.25) is 0 Å². The highest BCUT2D eigenvalue weighted by atomic mass is 32.1. The molecule has 120 valence electrons. The molecule has 0 amide bonds. The van der Waals surface area contributed by atoms with Gasteiger partial charge in [-0.25, -0.2) is 0 Å². The van der Waals surface area contributed by atoms with Crippen LogP contribution in [-0.2, 0) is 6.54 Å². The van der Waals surface area contributed by atoms with Crippen molar-refractivity contribution in [3.8, 4) is 11.8 Å². The van der Waals surface area contributed by atoms with Crippen LogP contribution in [-0.4, -0.2) is 23.2 Å². The van der Waals surface area contributed by atoms with Crippen LogP contribution in [0.5, 0.6) is 5.75 Å². The topological polar surface area (TPSA) is 61.4 Å². The third-order valence-electron chi connectivity index (χ3n) is 3.12. The second-order valence-corrected chi connectivity index (χ2v) is 5.18. The number of nitrogens with zero attached hydrogens (tertiary/aromatic N) is 2. The molecule has 23 heavy (non-hydrogen) atoms. The van der Waals surface area contributed by atoms with E-state index in [0.29, 0.717) is 31.2 Å². The predicted molar refractivity (Wildman–Crippen MR) is 93.2 cm³/mol. The Morgan fingerprint density at radius 3 is 2.74 bits per heavy atom. The lowest BCUT2D eigenvalue weighted by Crippen LogP contribution is -2.34. The molecule has 0 aliphatic rings. The van der Waals surface area contributed by atoms with Gasteiger partial charge >= 0.3 is 0 Å². The number of nitrogens with one attached hydrogen (secondary N) is 1. The average Bonchev–Trinajstić information content (AvgIpc) is 3.06. The van der Waals surface area contributed by atoms with E-state index in [9.17, 15) is 0 Å². The van der Waals surface area contributed by atoms with E-state index in [-0.39, 0.29) is 0 Å². The highest BCUT2D eigenvalue weighted by Crippen LogP contribution is 2.17. The minimum Gasteiger partial charge on any atom is -0.494 e. The van der Waals surface area contributed by atoms with E-state index in [4.69, 9.17) is 26.6 Å². The molecule has 0 unspecified atom stereocenters. The summed E-state index contributed by atoms with van der Waals surface area (Å²) >= 11 is 5.46. The molecule has 2 rings (SSSR count). The number of hydrogen-bond acceptors (Lipinski definition) is 4. The molecule has 0 bridgehead atoms. The molecule has 5 nitrogen and oxygen atoms in total. The van der Waals surface area contributed by atoms with E-state index in [1.165, 1.54) is 0 Å². The maximum absolute atomic E-state index is 8.82. The highest BCUT2D eigenvalue weighted by molar-refractivity contribution is 7.80. The maximum Gasteiger partial charge on any atom is 0.173 e. The van der Waals surface area contributed by atoms with Crippen LogP contribution in [0.25, 0.3) is 0 Å². The fourth-order valence-electron chi connectivity index (χ4n) is 2.03. The van der Waals surface area contributed by atoms with Crippen LogP contribution in [0, 0.1) is 11.3 Å². The number of anilines is 1. The number of thiocarbonyl (C=S) groups is 1. The molecule has 2 aromatic rings. The first kappa shape index (κ1) is 16.8. The Morgan fingerprint density at radius 1 is 1.35 bits per heavy atom. The summed E-state index contributed by atoms with van der Waals surface area (Å²) in [4.78, 5) is 1.91. The number of benzene rings is 1. The van der Waals surface area contributed by atoms with Crippen molar-refractivity contribution in [2.45, 2.75) is 19.9 Å². The van der Waals surface area contributed by atoms with E-state index in [0.717, 1.165) is 17.2 Å². The summed E-state index contributed by atoms with van der Waals surface area (Å²) in [5.74, 6) is 1.62. The molecule has 0 atom stereocenters. The van der Waals surface area contributed by atoms with Gasteiger partial charge in [0.05, 0.1) is 31.9 Å². The Morgan fingerprint density at radius 2 is 2.13 bits per heavy atom. The van der Waals surface area contributed by atoms with Crippen molar-refractivity contribution < 1.29 is 9.15 Å². The molecule has 0 spiro atoms. The molecule has 6 heteroatoms. The fraction of sp³-hybridized carbons (Fsp3) is 0.294. The Kier molecular flexibility index (Phi) is 6.45. The molecule has 1 aromatic carbocycles. The molecule has 0 saturated heterocycles. The first-order valence-electron chi connectivity index (χ1n) is 7.41. The van der Waals surface area contributed by atoms with Gasteiger partial charge in [-0.15, -0.1) is 0 Å². The maximum atomic E-state index is 8.82. The molecule has 0 aliphatic heterocycles. The standard InChI is InChI=1S/C17H19N3O2S/c1-2-21-15-8-6-14(7-9-15)19-17(23)20(11-4-10-18)13-16-5-3-12-22-16/h3,5-9,12H,2,4,11,13H2,1H3,(H,19,23). The molecule has 1 heterocycles. The van der Waals surface area contributed by atoms with Gasteiger partial charge in [0.1, 0.15) is 11.5 Å². The van der Waals surface area contributed by atoms with Gasteiger partial charge in [0.2, 0.25) is 0 Å². The van der Waals surface area contributed by atoms with Crippen LogP contribution in [0.1, 0.15) is 19.1 Å². The van der Waals surface area contributed by atoms with Crippen LogP contribution in [0.4, 0.5) is 5.69 Å². The minimum atomic E-state index is 0.395. The molecule has 0 saturated carbocycles. The van der Waals surface area contributed by atoms with Gasteiger partial charge in [-0.05, 0) is 55.5 Å². The van der Waals surface area contributed by atoms with Crippen LogP contribution < -0.4 is 10.1 Å². The fourth-order valence-corrected chi connectivity index (χ4v) is 2.31. The number of nitriles is 1. The summed E-state index contributed by atoms with van der Waals surface area (Å²) in [6.07, 6.45) is 2.02. The number of rotatable bonds is 7. The molecule has 1 aromatic heterocycles. The lowest BCUT2D eigenvalue weighted by atomic mass is 10.3. The zero-order valence-corrected chi connectivity index (χ0v) is 13.8. The lowest BCUT2D eigenvalue weighted by Gasteiger charge is -2.24. The highest BCUT2D eigenvalue weighted by Gasteiger charge is 2.12. The second kappa shape index (κ2) is 8.81. The lowest BCUT2D eigenvalue weighted by molar-refractivity contribution is 0.340. The van der Waals surface area contributed by atoms with Crippen LogP contribution >= 0.6 is 12.2 Å². The first-order valence-corrected chi connectivity index (χ1v) is 7.82. The van der Waals surface area contributed by atoms with E-state index in [1.807, 2.05) is 48.2 Å². The van der Waals surface area contributed by atoms with Crippen molar-refractivity contribution in [3.05, 3.63) is 48.4 Å². The number of ether oxygens (including phenoxy) is 1. The largest absolute Gasteiger partial charge is 0.494 e. The second-order valence-electron chi connectivity index (χ2n) is 4.80. The SMILES string of the molecule is CCOc1ccc(NC(=S)N(CCC#N)Cc2ccco2)cc1. The quantitative estimate of drug-likeness (QED) is 0.780. The van der Waals surface area contributed by atoms with E-state index in [1.54, 1.807) is 6.26 Å². The Balaban J connectivity index is 2.00. The minimum absolute atomic E-state index is 0.395. The van der Waals surface area contributed by atoms with Gasteiger partial charge in [0.15, 0.2) is 5.11 Å². The Labute approximate surface area is 141 Å². The third kappa shape index (κ3) is 5.31. The summed E-state index contributed by atoms with van der Waals surface area (Å²) in [6.45, 7) is 3.65. The van der Waals surface area contributed by atoms with Crippen LogP contribution in [0.2, 0.25) is 0 Å². The smallest absolute Gasteiger partial charge is 0.173 e. The van der Waals surface area contributed by atoms with E-state index >= 15 is 0 Å². The summed E-state index contributed by atoms with van der Waals surface area (Å²) < 4.78 is 10.8. The molecular weight excluding hydrogens is 310 g/mol. The van der Waals surface area contributed by atoms with Gasteiger partial charge in [-0.1, -0.05) is 0 Å². The van der Waals surface area contributed by atoms with Crippen LogP contribution in [0.3, 0.4) is 0 Å². The van der Waals surface area contributed by atoms with E-state index < -0.39 is 0 Å². The van der Waals surface area contributed by atoms with Gasteiger partial charge < -0.3 is 19.4 Å². The molecule has 1 N–H and O–H groups in total. The van der Waals surface area contributed by atoms with Gasteiger partial charge in [-0.2, -0.15) is 5.26 Å². The van der Waals surface area contributed by atoms with Crippen molar-refractivity contribution in [3.63, 3.8) is 0 Å². The molecule has 0 aliphatic carbocycles. The third-order valence-corrected chi connectivity index (χ3v) is 3.48. The van der Waals surface area contributed by atoms with Crippen molar-refractivity contribution >= 4 is 23.0 Å². The van der Waals surface area contributed by atoms with Crippen LogP contribution in [0.15, 0.2) is 47.1 Å². The first-order chi connectivity index (χ1) is 11.2. The monoisotopic (exact) mass is 329 g/mol. The molecule has 0 fully saturated rings. The zero-order valence-electron chi connectivity index (χ0n) is 13.0. The van der Waals surface area contributed by atoms with Crippen molar-refractivity contribution in [2.75, 3.05) is 18.5 Å². The number of furan rings is 1. The van der Waals surface area contributed by atoms with E-state index in [2.05, 4.69) is 11.4 Å².